The largest absolute Gasteiger partial charge is 0.495 e. The first-order valence-electron chi connectivity index (χ1n) is 8.93. The van der Waals surface area contributed by atoms with Crippen LogP contribution < -0.4 is 14.8 Å². The highest BCUT2D eigenvalue weighted by Crippen LogP contribution is 2.25. The summed E-state index contributed by atoms with van der Waals surface area (Å²) in [5.74, 6) is -0.207. The van der Waals surface area contributed by atoms with Crippen LogP contribution in [0, 0.1) is 0 Å². The molecule has 6 nitrogen and oxygen atoms in total. The van der Waals surface area contributed by atoms with Crippen molar-refractivity contribution in [3.8, 4) is 5.75 Å². The van der Waals surface area contributed by atoms with Gasteiger partial charge in [0.2, 0.25) is 10.0 Å². The van der Waals surface area contributed by atoms with Gasteiger partial charge in [0.25, 0.3) is 5.91 Å². The number of sulfonamides is 1. The molecule has 1 amide bonds. The highest BCUT2D eigenvalue weighted by Gasteiger charge is 2.20. The second-order valence-corrected chi connectivity index (χ2v) is 8.04. The van der Waals surface area contributed by atoms with Crippen molar-refractivity contribution >= 4 is 21.6 Å². The van der Waals surface area contributed by atoms with E-state index < -0.39 is 10.0 Å². The summed E-state index contributed by atoms with van der Waals surface area (Å²) >= 11 is 0. The number of benzene rings is 2. The molecule has 2 aromatic rings. The van der Waals surface area contributed by atoms with Crippen LogP contribution in [0.15, 0.2) is 47.4 Å². The van der Waals surface area contributed by atoms with Gasteiger partial charge in [-0.05, 0) is 55.8 Å². The Hall–Kier alpha value is -2.38. The third kappa shape index (κ3) is 5.55. The van der Waals surface area contributed by atoms with E-state index in [1.807, 2.05) is 24.3 Å². The molecule has 2 aromatic carbocycles. The summed E-state index contributed by atoms with van der Waals surface area (Å²) in [7, 11) is -1.05. The van der Waals surface area contributed by atoms with Gasteiger partial charge in [-0.3, -0.25) is 4.79 Å². The fourth-order valence-corrected chi connectivity index (χ4v) is 3.59. The minimum absolute atomic E-state index is 0.0774. The molecule has 0 aromatic heterocycles. The lowest BCUT2D eigenvalue weighted by atomic mass is 10.1. The molecule has 0 atom stereocenters. The normalized spacial score (nSPS) is 11.2. The Balaban J connectivity index is 2.15. The van der Waals surface area contributed by atoms with Crippen molar-refractivity contribution in [3.05, 3.63) is 53.6 Å². The molecule has 0 bridgehead atoms. The Morgan fingerprint density at radius 1 is 1.07 bits per heavy atom. The van der Waals surface area contributed by atoms with Crippen LogP contribution in [-0.4, -0.2) is 28.5 Å². The van der Waals surface area contributed by atoms with E-state index in [0.717, 1.165) is 12.8 Å². The molecule has 0 aliphatic rings. The highest BCUT2D eigenvalue weighted by molar-refractivity contribution is 7.89. The molecule has 0 heterocycles. The van der Waals surface area contributed by atoms with Crippen molar-refractivity contribution in [1.82, 2.24) is 4.72 Å². The molecule has 0 spiro atoms. The number of carbonyl (C=O) groups is 1. The molecule has 2 N–H and O–H groups in total. The summed E-state index contributed by atoms with van der Waals surface area (Å²) < 4.78 is 31.6. The van der Waals surface area contributed by atoms with Crippen molar-refractivity contribution in [2.24, 2.45) is 0 Å². The molecule has 146 valence electrons. The predicted molar refractivity (Wildman–Crippen MR) is 107 cm³/mol. The maximum Gasteiger partial charge on any atom is 0.255 e. The van der Waals surface area contributed by atoms with Gasteiger partial charge in [-0.2, -0.15) is 0 Å². The standard InChI is InChI=1S/C20H26N2O4S/c1-4-5-6-7-15-8-11-17(12-9-15)22-20(23)16-10-13-18(26-3)19(14-16)27(24,25)21-2/h8-14,21H,4-7H2,1-3H3,(H,22,23). The van der Waals surface area contributed by atoms with Crippen LogP contribution in [-0.2, 0) is 16.4 Å². The summed E-state index contributed by atoms with van der Waals surface area (Å²) in [6.07, 6.45) is 4.55. The molecule has 2 rings (SSSR count). The van der Waals surface area contributed by atoms with Crippen LogP contribution in [0.5, 0.6) is 5.75 Å². The summed E-state index contributed by atoms with van der Waals surface area (Å²) in [5, 5.41) is 2.79. The zero-order chi connectivity index (χ0) is 19.9. The lowest BCUT2D eigenvalue weighted by molar-refractivity contribution is 0.102. The van der Waals surface area contributed by atoms with Crippen LogP contribution in [0.3, 0.4) is 0 Å². The molecular weight excluding hydrogens is 364 g/mol. The molecule has 0 aliphatic carbocycles. The fourth-order valence-electron chi connectivity index (χ4n) is 2.68. The fraction of sp³-hybridized carbons (Fsp3) is 0.350. The van der Waals surface area contributed by atoms with E-state index in [1.54, 1.807) is 0 Å². The van der Waals surface area contributed by atoms with Gasteiger partial charge in [0.05, 0.1) is 7.11 Å². The van der Waals surface area contributed by atoms with Crippen molar-refractivity contribution < 1.29 is 17.9 Å². The zero-order valence-corrected chi connectivity index (χ0v) is 16.7. The van der Waals surface area contributed by atoms with Gasteiger partial charge in [-0.25, -0.2) is 13.1 Å². The Bertz CT molecular complexity index is 877. The van der Waals surface area contributed by atoms with Crippen LogP contribution in [0.4, 0.5) is 5.69 Å². The van der Waals surface area contributed by atoms with Crippen molar-refractivity contribution in [2.45, 2.75) is 37.5 Å². The SMILES string of the molecule is CCCCCc1ccc(NC(=O)c2ccc(OC)c(S(=O)(=O)NC)c2)cc1. The molecule has 0 saturated heterocycles. The van der Waals surface area contributed by atoms with Gasteiger partial charge in [-0.1, -0.05) is 31.9 Å². The number of unbranched alkanes of at least 4 members (excludes halogenated alkanes) is 2. The monoisotopic (exact) mass is 390 g/mol. The summed E-state index contributed by atoms with van der Waals surface area (Å²) in [5.41, 5.74) is 2.12. The van der Waals surface area contributed by atoms with Crippen LogP contribution in [0.25, 0.3) is 0 Å². The second kappa shape index (κ2) is 9.53. The van der Waals surface area contributed by atoms with E-state index in [-0.39, 0.29) is 22.1 Å². The Labute approximate surface area is 161 Å². The third-order valence-electron chi connectivity index (χ3n) is 4.26. The summed E-state index contributed by atoms with van der Waals surface area (Å²) in [6.45, 7) is 2.17. The number of nitrogens with one attached hydrogen (secondary N) is 2. The first kappa shape index (κ1) is 20.9. The molecular formula is C20H26N2O4S. The van der Waals surface area contributed by atoms with Gasteiger partial charge in [0, 0.05) is 11.3 Å². The number of anilines is 1. The Morgan fingerprint density at radius 2 is 1.78 bits per heavy atom. The maximum atomic E-state index is 12.5. The van der Waals surface area contributed by atoms with Crippen LogP contribution >= 0.6 is 0 Å². The molecule has 0 aliphatic heterocycles. The quantitative estimate of drug-likeness (QED) is 0.641. The van der Waals surface area contributed by atoms with Gasteiger partial charge < -0.3 is 10.1 Å². The molecule has 0 unspecified atom stereocenters. The topological polar surface area (TPSA) is 84.5 Å². The van der Waals surface area contributed by atoms with Crippen molar-refractivity contribution in [3.63, 3.8) is 0 Å². The number of hydrogen-bond acceptors (Lipinski definition) is 4. The minimum Gasteiger partial charge on any atom is -0.495 e. The van der Waals surface area contributed by atoms with Crippen LogP contribution in [0.1, 0.15) is 42.1 Å². The van der Waals surface area contributed by atoms with Gasteiger partial charge in [0.1, 0.15) is 10.6 Å². The average Bonchev–Trinajstić information content (AvgIpc) is 2.69. The Kier molecular flexibility index (Phi) is 7.38. The third-order valence-corrected chi connectivity index (χ3v) is 5.70. The smallest absolute Gasteiger partial charge is 0.255 e. The lowest BCUT2D eigenvalue weighted by Gasteiger charge is -2.11. The molecule has 7 heteroatoms. The first-order valence-corrected chi connectivity index (χ1v) is 10.4. The second-order valence-electron chi connectivity index (χ2n) is 6.18. The minimum atomic E-state index is -3.74. The number of hydrogen-bond donors (Lipinski definition) is 2. The zero-order valence-electron chi connectivity index (χ0n) is 15.9. The molecule has 27 heavy (non-hydrogen) atoms. The first-order chi connectivity index (χ1) is 12.9. The van der Waals surface area contributed by atoms with Gasteiger partial charge in [0.15, 0.2) is 0 Å². The number of methoxy groups -OCH3 is 1. The average molecular weight is 391 g/mol. The van der Waals surface area contributed by atoms with Crippen molar-refractivity contribution in [1.29, 1.82) is 0 Å². The van der Waals surface area contributed by atoms with Gasteiger partial charge in [-0.15, -0.1) is 0 Å². The van der Waals surface area contributed by atoms with E-state index in [9.17, 15) is 13.2 Å². The molecule has 0 fully saturated rings. The van der Waals surface area contributed by atoms with E-state index >= 15 is 0 Å². The van der Waals surface area contributed by atoms with E-state index in [1.165, 1.54) is 50.8 Å². The maximum absolute atomic E-state index is 12.5. The predicted octanol–water partition coefficient (Wildman–Crippen LogP) is 3.59. The number of carbonyl (C=O) groups excluding carboxylic acids is 1. The number of aryl methyl sites for hydroxylation is 1. The number of amides is 1. The number of rotatable bonds is 9. The van der Waals surface area contributed by atoms with E-state index in [0.29, 0.717) is 5.69 Å². The summed E-state index contributed by atoms with van der Waals surface area (Å²) in [6, 6.07) is 12.0. The molecule has 0 saturated carbocycles. The van der Waals surface area contributed by atoms with Crippen LogP contribution in [0.2, 0.25) is 0 Å². The van der Waals surface area contributed by atoms with E-state index in [4.69, 9.17) is 4.74 Å². The van der Waals surface area contributed by atoms with Gasteiger partial charge >= 0.3 is 0 Å². The highest BCUT2D eigenvalue weighted by atomic mass is 32.2. The molecule has 0 radical (unpaired) electrons. The summed E-state index contributed by atoms with van der Waals surface area (Å²) in [4.78, 5) is 12.4. The van der Waals surface area contributed by atoms with Crippen molar-refractivity contribution in [2.75, 3.05) is 19.5 Å². The lowest BCUT2D eigenvalue weighted by Crippen LogP contribution is -2.20. The Morgan fingerprint density at radius 3 is 2.37 bits per heavy atom. The number of ether oxygens (including phenoxy) is 1. The van der Waals surface area contributed by atoms with E-state index in [2.05, 4.69) is 17.0 Å².